The largest absolute Gasteiger partial charge is 0.462 e. The molecular formula is C22H40O4. The Balaban J connectivity index is 2.34. The van der Waals surface area contributed by atoms with Crippen molar-refractivity contribution >= 4 is 11.9 Å². The SMILES string of the molecule is CCCCCC(C)C(=O)OC1CCCC(OC(=O)C(C)CCCCC)C1. The van der Waals surface area contributed by atoms with Crippen LogP contribution in [0.2, 0.25) is 0 Å². The molecule has 0 radical (unpaired) electrons. The fraction of sp³-hybridized carbons (Fsp3) is 0.909. The Hall–Kier alpha value is -1.06. The highest BCUT2D eigenvalue weighted by Gasteiger charge is 2.29. The first-order chi connectivity index (χ1) is 12.5. The zero-order valence-corrected chi connectivity index (χ0v) is 17.4. The predicted octanol–water partition coefficient (Wildman–Crippen LogP) is 5.82. The maximum absolute atomic E-state index is 12.3. The Morgan fingerprint density at radius 3 is 1.62 bits per heavy atom. The van der Waals surface area contributed by atoms with Gasteiger partial charge in [0, 0.05) is 6.42 Å². The first kappa shape index (κ1) is 23.0. The standard InChI is InChI=1S/C22H40O4/c1-5-7-9-12-17(3)21(23)25-19-14-11-15-20(16-19)26-22(24)18(4)13-10-8-6-2/h17-20H,5-16H2,1-4H3. The molecule has 152 valence electrons. The summed E-state index contributed by atoms with van der Waals surface area (Å²) in [4.78, 5) is 24.5. The van der Waals surface area contributed by atoms with E-state index in [1.165, 1.54) is 0 Å². The van der Waals surface area contributed by atoms with Crippen molar-refractivity contribution in [2.24, 2.45) is 11.8 Å². The van der Waals surface area contributed by atoms with E-state index >= 15 is 0 Å². The number of carbonyl (C=O) groups excluding carboxylic acids is 2. The van der Waals surface area contributed by atoms with Crippen molar-refractivity contribution in [1.82, 2.24) is 0 Å². The minimum atomic E-state index is -0.0990. The first-order valence-electron chi connectivity index (χ1n) is 10.9. The van der Waals surface area contributed by atoms with Crippen LogP contribution in [-0.2, 0) is 19.1 Å². The van der Waals surface area contributed by atoms with Crippen LogP contribution in [-0.4, -0.2) is 24.1 Å². The van der Waals surface area contributed by atoms with Crippen LogP contribution in [0.4, 0.5) is 0 Å². The molecule has 0 aliphatic heterocycles. The van der Waals surface area contributed by atoms with Crippen LogP contribution < -0.4 is 0 Å². The zero-order valence-electron chi connectivity index (χ0n) is 17.4. The van der Waals surface area contributed by atoms with Gasteiger partial charge < -0.3 is 9.47 Å². The summed E-state index contributed by atoms with van der Waals surface area (Å²) >= 11 is 0. The molecule has 0 N–H and O–H groups in total. The molecule has 1 aliphatic carbocycles. The Bertz CT molecular complexity index is 371. The van der Waals surface area contributed by atoms with E-state index < -0.39 is 0 Å². The molecule has 0 saturated heterocycles. The van der Waals surface area contributed by atoms with Crippen molar-refractivity contribution in [3.8, 4) is 0 Å². The second-order valence-electron chi connectivity index (χ2n) is 8.08. The lowest BCUT2D eigenvalue weighted by molar-refractivity contribution is -0.163. The molecule has 4 heteroatoms. The lowest BCUT2D eigenvalue weighted by Gasteiger charge is -2.30. The van der Waals surface area contributed by atoms with Crippen molar-refractivity contribution in [2.75, 3.05) is 0 Å². The van der Waals surface area contributed by atoms with Crippen LogP contribution in [0.5, 0.6) is 0 Å². The molecule has 0 amide bonds. The molecule has 0 spiro atoms. The molecule has 4 unspecified atom stereocenters. The van der Waals surface area contributed by atoms with Gasteiger partial charge in [0.1, 0.15) is 12.2 Å². The third kappa shape index (κ3) is 9.05. The number of esters is 2. The number of unbranched alkanes of at least 4 members (excludes halogenated alkanes) is 4. The average molecular weight is 369 g/mol. The van der Waals surface area contributed by atoms with E-state index in [0.29, 0.717) is 6.42 Å². The third-order valence-corrected chi connectivity index (χ3v) is 5.43. The monoisotopic (exact) mass is 368 g/mol. The molecule has 1 aliphatic rings. The van der Waals surface area contributed by atoms with E-state index in [0.717, 1.165) is 70.6 Å². The maximum Gasteiger partial charge on any atom is 0.308 e. The lowest BCUT2D eigenvalue weighted by Crippen LogP contribution is -2.33. The minimum absolute atomic E-state index is 0.0388. The Kier molecular flexibility index (Phi) is 11.6. The van der Waals surface area contributed by atoms with Crippen LogP contribution in [0, 0.1) is 11.8 Å². The van der Waals surface area contributed by atoms with Crippen molar-refractivity contribution in [3.63, 3.8) is 0 Å². The number of rotatable bonds is 12. The van der Waals surface area contributed by atoms with Gasteiger partial charge in [0.15, 0.2) is 0 Å². The summed E-state index contributed by atoms with van der Waals surface area (Å²) < 4.78 is 11.4. The molecule has 0 aromatic carbocycles. The van der Waals surface area contributed by atoms with Gasteiger partial charge in [-0.25, -0.2) is 0 Å². The average Bonchev–Trinajstić information content (AvgIpc) is 2.62. The summed E-state index contributed by atoms with van der Waals surface area (Å²) in [5, 5.41) is 0. The summed E-state index contributed by atoms with van der Waals surface area (Å²) in [7, 11) is 0. The van der Waals surface area contributed by atoms with Gasteiger partial charge in [-0.2, -0.15) is 0 Å². The van der Waals surface area contributed by atoms with Crippen molar-refractivity contribution < 1.29 is 19.1 Å². The van der Waals surface area contributed by atoms with Gasteiger partial charge in [0.2, 0.25) is 0 Å². The lowest BCUT2D eigenvalue weighted by atomic mass is 9.94. The van der Waals surface area contributed by atoms with Gasteiger partial charge in [-0.1, -0.05) is 66.2 Å². The van der Waals surface area contributed by atoms with Crippen molar-refractivity contribution in [2.45, 2.75) is 117 Å². The second kappa shape index (κ2) is 13.2. The molecule has 1 saturated carbocycles. The normalized spacial score (nSPS) is 22.5. The molecule has 0 aromatic rings. The van der Waals surface area contributed by atoms with Gasteiger partial charge in [-0.05, 0) is 32.1 Å². The van der Waals surface area contributed by atoms with Gasteiger partial charge in [-0.3, -0.25) is 9.59 Å². The number of hydrogen-bond acceptors (Lipinski definition) is 4. The van der Waals surface area contributed by atoms with E-state index in [4.69, 9.17) is 9.47 Å². The first-order valence-corrected chi connectivity index (χ1v) is 10.9. The predicted molar refractivity (Wildman–Crippen MR) is 105 cm³/mol. The Morgan fingerprint density at radius 1 is 0.808 bits per heavy atom. The molecule has 0 heterocycles. The molecule has 4 nitrogen and oxygen atoms in total. The molecule has 1 fully saturated rings. The molecule has 4 atom stereocenters. The molecule has 0 bridgehead atoms. The quantitative estimate of drug-likeness (QED) is 0.322. The summed E-state index contributed by atoms with van der Waals surface area (Å²) in [6, 6.07) is 0. The Morgan fingerprint density at radius 2 is 1.23 bits per heavy atom. The van der Waals surface area contributed by atoms with E-state index in [1.54, 1.807) is 0 Å². The number of carbonyl (C=O) groups is 2. The fourth-order valence-corrected chi connectivity index (χ4v) is 3.51. The summed E-state index contributed by atoms with van der Waals surface area (Å²) in [5.74, 6) is -0.261. The molecule has 26 heavy (non-hydrogen) atoms. The van der Waals surface area contributed by atoms with Crippen LogP contribution >= 0.6 is 0 Å². The van der Waals surface area contributed by atoms with Crippen LogP contribution in [0.15, 0.2) is 0 Å². The zero-order chi connectivity index (χ0) is 19.4. The van der Waals surface area contributed by atoms with E-state index in [1.807, 2.05) is 13.8 Å². The Labute approximate surface area is 160 Å². The topological polar surface area (TPSA) is 52.6 Å². The van der Waals surface area contributed by atoms with Crippen LogP contribution in [0.3, 0.4) is 0 Å². The third-order valence-electron chi connectivity index (χ3n) is 5.43. The van der Waals surface area contributed by atoms with Gasteiger partial charge in [0.05, 0.1) is 11.8 Å². The molecule has 0 aromatic heterocycles. The smallest absolute Gasteiger partial charge is 0.308 e. The van der Waals surface area contributed by atoms with E-state index in [-0.39, 0.29) is 36.0 Å². The fourth-order valence-electron chi connectivity index (χ4n) is 3.51. The molecule has 1 rings (SSSR count). The van der Waals surface area contributed by atoms with Crippen LogP contribution in [0.1, 0.15) is 105 Å². The molecular weight excluding hydrogens is 328 g/mol. The number of ether oxygens (including phenoxy) is 2. The number of hydrogen-bond donors (Lipinski definition) is 0. The van der Waals surface area contributed by atoms with Gasteiger partial charge >= 0.3 is 11.9 Å². The summed E-state index contributed by atoms with van der Waals surface area (Å²) in [6.45, 7) is 8.24. The minimum Gasteiger partial charge on any atom is -0.462 e. The van der Waals surface area contributed by atoms with Gasteiger partial charge in [-0.15, -0.1) is 0 Å². The summed E-state index contributed by atoms with van der Waals surface area (Å²) in [6.07, 6.45) is 11.8. The summed E-state index contributed by atoms with van der Waals surface area (Å²) in [5.41, 5.74) is 0. The highest BCUT2D eigenvalue weighted by atomic mass is 16.6. The van der Waals surface area contributed by atoms with Crippen LogP contribution in [0.25, 0.3) is 0 Å². The van der Waals surface area contributed by atoms with Gasteiger partial charge in [0.25, 0.3) is 0 Å². The van der Waals surface area contributed by atoms with Crippen molar-refractivity contribution in [1.29, 1.82) is 0 Å². The van der Waals surface area contributed by atoms with E-state index in [2.05, 4.69) is 13.8 Å². The van der Waals surface area contributed by atoms with Crippen molar-refractivity contribution in [3.05, 3.63) is 0 Å². The highest BCUT2D eigenvalue weighted by Crippen LogP contribution is 2.26. The van der Waals surface area contributed by atoms with E-state index in [9.17, 15) is 9.59 Å². The maximum atomic E-state index is 12.3. The highest BCUT2D eigenvalue weighted by molar-refractivity contribution is 5.72. The second-order valence-corrected chi connectivity index (χ2v) is 8.08.